The maximum absolute atomic E-state index is 13.9. The number of amides is 1. The molecule has 0 saturated carbocycles. The molecule has 1 atom stereocenters. The molecule has 2 N–H and O–H groups in total. The molecule has 3 rings (SSSR count). The third kappa shape index (κ3) is 5.18. The van der Waals surface area contributed by atoms with Gasteiger partial charge < -0.3 is 10.1 Å². The van der Waals surface area contributed by atoms with E-state index in [2.05, 4.69) is 26.6 Å². The average Bonchev–Trinajstić information content (AvgIpc) is 2.71. The summed E-state index contributed by atoms with van der Waals surface area (Å²) in [6, 6.07) is 21.8. The van der Waals surface area contributed by atoms with Crippen LogP contribution in [0.25, 0.3) is 0 Å². The van der Waals surface area contributed by atoms with E-state index in [0.29, 0.717) is 4.47 Å². The van der Waals surface area contributed by atoms with Gasteiger partial charge in [-0.1, -0.05) is 58.4 Å². The topological polar surface area (TPSA) is 50.4 Å². The molecular formula is C22H20BrFN2O2. The molecule has 3 aromatic rings. The lowest BCUT2D eigenvalue weighted by atomic mass is 9.98. The second kappa shape index (κ2) is 9.48. The van der Waals surface area contributed by atoms with E-state index < -0.39 is 5.82 Å². The molecule has 3 aromatic carbocycles. The highest BCUT2D eigenvalue weighted by Gasteiger charge is 2.16. The first-order valence-corrected chi connectivity index (χ1v) is 9.53. The van der Waals surface area contributed by atoms with Gasteiger partial charge in [0, 0.05) is 4.47 Å². The lowest BCUT2D eigenvalue weighted by Gasteiger charge is -2.20. The van der Waals surface area contributed by atoms with Crippen LogP contribution in [-0.4, -0.2) is 19.6 Å². The Morgan fingerprint density at radius 1 is 1.04 bits per heavy atom. The molecule has 0 heterocycles. The van der Waals surface area contributed by atoms with Crippen LogP contribution in [-0.2, 0) is 4.79 Å². The lowest BCUT2D eigenvalue weighted by Crippen LogP contribution is -2.32. The molecule has 0 aliphatic rings. The summed E-state index contributed by atoms with van der Waals surface area (Å²) in [4.78, 5) is 12.3. The van der Waals surface area contributed by atoms with Gasteiger partial charge in [0.1, 0.15) is 11.6 Å². The molecule has 1 amide bonds. The van der Waals surface area contributed by atoms with Crippen LogP contribution < -0.4 is 15.4 Å². The minimum absolute atomic E-state index is 0.0289. The van der Waals surface area contributed by atoms with Crippen molar-refractivity contribution in [1.29, 1.82) is 0 Å². The molecular weight excluding hydrogens is 423 g/mol. The van der Waals surface area contributed by atoms with Crippen molar-refractivity contribution < 1.29 is 13.9 Å². The predicted molar refractivity (Wildman–Crippen MR) is 112 cm³/mol. The van der Waals surface area contributed by atoms with Gasteiger partial charge in [0.05, 0.1) is 25.4 Å². The van der Waals surface area contributed by atoms with Crippen molar-refractivity contribution in [1.82, 2.24) is 5.32 Å². The number of carbonyl (C=O) groups is 1. The molecule has 0 bridgehead atoms. The van der Waals surface area contributed by atoms with Gasteiger partial charge in [-0.25, -0.2) is 4.39 Å². The fourth-order valence-electron chi connectivity index (χ4n) is 2.85. The smallest absolute Gasteiger partial charge is 0.238 e. The maximum atomic E-state index is 13.9. The fourth-order valence-corrected chi connectivity index (χ4v) is 3.18. The second-order valence-electron chi connectivity index (χ2n) is 6.17. The van der Waals surface area contributed by atoms with Crippen LogP contribution in [0.5, 0.6) is 5.75 Å². The molecule has 6 heteroatoms. The van der Waals surface area contributed by atoms with Gasteiger partial charge in [0.2, 0.25) is 5.91 Å². The molecule has 28 heavy (non-hydrogen) atoms. The normalized spacial score (nSPS) is 11.7. The molecule has 0 aliphatic carbocycles. The Hall–Kier alpha value is -2.70. The zero-order valence-electron chi connectivity index (χ0n) is 15.3. The van der Waals surface area contributed by atoms with E-state index in [-0.39, 0.29) is 24.2 Å². The average molecular weight is 443 g/mol. The highest BCUT2D eigenvalue weighted by molar-refractivity contribution is 9.10. The van der Waals surface area contributed by atoms with Gasteiger partial charge >= 0.3 is 0 Å². The first kappa shape index (κ1) is 20.0. The third-order valence-electron chi connectivity index (χ3n) is 4.25. The van der Waals surface area contributed by atoms with Crippen LogP contribution >= 0.6 is 15.9 Å². The summed E-state index contributed by atoms with van der Waals surface area (Å²) in [5.41, 5.74) is 2.17. The molecule has 0 aromatic heterocycles. The molecule has 144 valence electrons. The van der Waals surface area contributed by atoms with Crippen molar-refractivity contribution in [2.45, 2.75) is 6.04 Å². The molecule has 0 spiro atoms. The molecule has 1 unspecified atom stereocenters. The van der Waals surface area contributed by atoms with Crippen molar-refractivity contribution in [3.8, 4) is 5.75 Å². The summed E-state index contributed by atoms with van der Waals surface area (Å²) < 4.78 is 19.8. The highest BCUT2D eigenvalue weighted by Crippen LogP contribution is 2.24. The summed E-state index contributed by atoms with van der Waals surface area (Å²) in [6.45, 7) is 0.0289. The van der Waals surface area contributed by atoms with Crippen LogP contribution in [0, 0.1) is 5.82 Å². The van der Waals surface area contributed by atoms with Crippen LogP contribution in [0.15, 0.2) is 77.3 Å². The summed E-state index contributed by atoms with van der Waals surface area (Å²) in [6.07, 6.45) is 0. The number of benzene rings is 3. The number of methoxy groups -OCH3 is 1. The summed E-state index contributed by atoms with van der Waals surface area (Å²) >= 11 is 3.20. The number of rotatable bonds is 7. The zero-order chi connectivity index (χ0) is 19.9. The van der Waals surface area contributed by atoms with E-state index in [1.54, 1.807) is 13.2 Å². The van der Waals surface area contributed by atoms with Crippen molar-refractivity contribution in [2.24, 2.45) is 0 Å². The van der Waals surface area contributed by atoms with Crippen LogP contribution in [0.4, 0.5) is 10.1 Å². The monoisotopic (exact) mass is 442 g/mol. The molecule has 0 saturated heterocycles. The largest absolute Gasteiger partial charge is 0.497 e. The van der Waals surface area contributed by atoms with Crippen LogP contribution in [0.1, 0.15) is 17.2 Å². The van der Waals surface area contributed by atoms with E-state index in [1.165, 1.54) is 12.1 Å². The predicted octanol–water partition coefficient (Wildman–Crippen LogP) is 4.91. The van der Waals surface area contributed by atoms with Gasteiger partial charge in [-0.15, -0.1) is 0 Å². The zero-order valence-corrected chi connectivity index (χ0v) is 16.9. The summed E-state index contributed by atoms with van der Waals surface area (Å²) in [5.74, 6) is -0.0489. The van der Waals surface area contributed by atoms with Crippen molar-refractivity contribution >= 4 is 27.5 Å². The van der Waals surface area contributed by atoms with E-state index in [4.69, 9.17) is 4.74 Å². The molecule has 0 aliphatic heterocycles. The van der Waals surface area contributed by atoms with Crippen LogP contribution in [0.3, 0.4) is 0 Å². The number of halogens is 2. The standard InChI is InChI=1S/C22H20BrFN2O2/c1-28-18-10-7-16(8-11-18)22(15-5-3-2-4-6-15)25-14-21(27)26-20-12-9-17(23)13-19(20)24/h2-13,22,25H,14H2,1H3,(H,26,27). The fraction of sp³-hybridized carbons (Fsp3) is 0.136. The van der Waals surface area contributed by atoms with Crippen LogP contribution in [0.2, 0.25) is 0 Å². The SMILES string of the molecule is COc1ccc(C(NCC(=O)Nc2ccc(Br)cc2F)c2ccccc2)cc1. The molecule has 4 nitrogen and oxygen atoms in total. The first-order valence-electron chi connectivity index (χ1n) is 8.74. The van der Waals surface area contributed by atoms with Crippen molar-refractivity contribution in [3.63, 3.8) is 0 Å². The van der Waals surface area contributed by atoms with Gasteiger partial charge in [0.15, 0.2) is 0 Å². The number of hydrogen-bond acceptors (Lipinski definition) is 3. The number of carbonyl (C=O) groups excluding carboxylic acids is 1. The number of nitrogens with one attached hydrogen (secondary N) is 2. The van der Waals surface area contributed by atoms with Crippen molar-refractivity contribution in [3.05, 3.63) is 94.2 Å². The van der Waals surface area contributed by atoms with E-state index >= 15 is 0 Å². The minimum Gasteiger partial charge on any atom is -0.497 e. The molecule has 0 radical (unpaired) electrons. The summed E-state index contributed by atoms with van der Waals surface area (Å²) in [7, 11) is 1.62. The van der Waals surface area contributed by atoms with E-state index in [9.17, 15) is 9.18 Å². The van der Waals surface area contributed by atoms with Gasteiger partial charge in [-0.05, 0) is 41.5 Å². The second-order valence-corrected chi connectivity index (χ2v) is 7.09. The minimum atomic E-state index is -0.488. The van der Waals surface area contributed by atoms with Gasteiger partial charge in [-0.3, -0.25) is 10.1 Å². The lowest BCUT2D eigenvalue weighted by molar-refractivity contribution is -0.115. The third-order valence-corrected chi connectivity index (χ3v) is 4.75. The Morgan fingerprint density at radius 2 is 1.71 bits per heavy atom. The maximum Gasteiger partial charge on any atom is 0.238 e. The van der Waals surface area contributed by atoms with E-state index in [0.717, 1.165) is 16.9 Å². The number of hydrogen-bond donors (Lipinski definition) is 2. The molecule has 0 fully saturated rings. The Balaban J connectivity index is 1.73. The Morgan fingerprint density at radius 3 is 2.36 bits per heavy atom. The quantitative estimate of drug-likeness (QED) is 0.546. The number of anilines is 1. The van der Waals surface area contributed by atoms with E-state index in [1.807, 2.05) is 54.6 Å². The Labute approximate surface area is 171 Å². The van der Waals surface area contributed by atoms with Gasteiger partial charge in [-0.2, -0.15) is 0 Å². The van der Waals surface area contributed by atoms with Crippen molar-refractivity contribution in [2.75, 3.05) is 19.0 Å². The first-order chi connectivity index (χ1) is 13.6. The van der Waals surface area contributed by atoms with Gasteiger partial charge in [0.25, 0.3) is 0 Å². The summed E-state index contributed by atoms with van der Waals surface area (Å²) in [5, 5.41) is 5.85. The Kier molecular flexibility index (Phi) is 6.79. The number of ether oxygens (including phenoxy) is 1. The Bertz CT molecular complexity index is 933. The highest BCUT2D eigenvalue weighted by atomic mass is 79.9.